The molecule has 1 aliphatic heterocycles. The number of nitrogens with one attached hydrogen (secondary N) is 1. The second-order valence-corrected chi connectivity index (χ2v) is 8.80. The summed E-state index contributed by atoms with van der Waals surface area (Å²) in [5.41, 5.74) is 4.70. The topological polar surface area (TPSA) is 99.2 Å². The Balaban J connectivity index is 1.61. The van der Waals surface area contributed by atoms with Gasteiger partial charge in [-0.15, -0.1) is 0 Å². The number of H-pyrrole nitrogens is 1. The van der Waals surface area contributed by atoms with E-state index in [-0.39, 0.29) is 23.7 Å². The van der Waals surface area contributed by atoms with Gasteiger partial charge in [-0.2, -0.15) is 0 Å². The van der Waals surface area contributed by atoms with E-state index in [2.05, 4.69) is 15.0 Å². The van der Waals surface area contributed by atoms with Gasteiger partial charge >= 0.3 is 0 Å². The van der Waals surface area contributed by atoms with Crippen molar-refractivity contribution in [1.82, 2.24) is 15.0 Å². The number of amides is 1. The van der Waals surface area contributed by atoms with Crippen molar-refractivity contribution in [2.75, 3.05) is 4.90 Å². The molecule has 2 aromatic carbocycles. The molecule has 4 aromatic rings. The number of carbonyl (C=O) groups is 2. The first-order valence-electron chi connectivity index (χ1n) is 11.2. The van der Waals surface area contributed by atoms with Gasteiger partial charge in [0.25, 0.3) is 5.91 Å². The number of aliphatic hydroxyl groups excluding tert-OH is 1. The second-order valence-electron chi connectivity index (χ2n) is 8.80. The molecule has 1 unspecified atom stereocenters. The molecule has 170 valence electrons. The Labute approximate surface area is 196 Å². The Morgan fingerprint density at radius 3 is 2.59 bits per heavy atom. The molecule has 0 spiro atoms. The van der Waals surface area contributed by atoms with Crippen molar-refractivity contribution >= 4 is 28.4 Å². The lowest BCUT2D eigenvalue weighted by Crippen LogP contribution is -2.31. The summed E-state index contributed by atoms with van der Waals surface area (Å²) in [5, 5.41) is 10.8. The maximum absolute atomic E-state index is 13.3. The summed E-state index contributed by atoms with van der Waals surface area (Å²) in [6, 6.07) is 17.9. The molecule has 2 aromatic heterocycles. The highest BCUT2D eigenvalue weighted by Gasteiger charge is 2.44. The fourth-order valence-electron chi connectivity index (χ4n) is 4.40. The fourth-order valence-corrected chi connectivity index (χ4v) is 4.40. The minimum Gasteiger partial charge on any atom is -0.503 e. The summed E-state index contributed by atoms with van der Waals surface area (Å²) in [5.74, 6) is -1.23. The second kappa shape index (κ2) is 8.59. The Morgan fingerprint density at radius 2 is 1.88 bits per heavy atom. The molecule has 7 nitrogen and oxygen atoms in total. The van der Waals surface area contributed by atoms with Crippen LogP contribution in [0.2, 0.25) is 0 Å². The zero-order chi connectivity index (χ0) is 23.8. The molecule has 0 aliphatic carbocycles. The molecule has 0 radical (unpaired) electrons. The average Bonchev–Trinajstić information content (AvgIpc) is 3.41. The molecule has 3 heterocycles. The number of carbonyl (C=O) groups excluding carboxylic acids is 2. The number of benzene rings is 2. The van der Waals surface area contributed by atoms with Crippen LogP contribution in [0.15, 0.2) is 84.5 Å². The van der Waals surface area contributed by atoms with Crippen LogP contribution in [0, 0.1) is 5.92 Å². The van der Waals surface area contributed by atoms with Gasteiger partial charge < -0.3 is 10.1 Å². The van der Waals surface area contributed by atoms with Gasteiger partial charge in [0.15, 0.2) is 11.5 Å². The van der Waals surface area contributed by atoms with E-state index in [1.807, 2.05) is 56.3 Å². The fraction of sp³-hybridized carbons (Fsp3) is 0.185. The average molecular weight is 453 g/mol. The van der Waals surface area contributed by atoms with Gasteiger partial charge in [-0.1, -0.05) is 44.2 Å². The number of rotatable bonds is 6. The van der Waals surface area contributed by atoms with Gasteiger partial charge in [0.2, 0.25) is 0 Å². The first-order chi connectivity index (χ1) is 16.4. The highest BCUT2D eigenvalue weighted by Crippen LogP contribution is 2.42. The number of Topliss-reactive ketones (excluding diaryl/α,β-unsaturated/α-hetero) is 1. The molecule has 34 heavy (non-hydrogen) atoms. The van der Waals surface area contributed by atoms with Crippen LogP contribution >= 0.6 is 0 Å². The number of aliphatic hydroxyl groups is 1. The van der Waals surface area contributed by atoms with Crippen LogP contribution in [0.3, 0.4) is 0 Å². The van der Waals surface area contributed by atoms with Crippen LogP contribution in [-0.2, 0) is 9.59 Å². The number of fused-ring (bicyclic) bond motifs is 1. The Kier molecular flexibility index (Phi) is 5.45. The van der Waals surface area contributed by atoms with Gasteiger partial charge in [-0.25, -0.2) is 4.98 Å². The predicted octanol–water partition coefficient (Wildman–Crippen LogP) is 5.14. The van der Waals surface area contributed by atoms with Gasteiger partial charge in [-0.3, -0.25) is 19.5 Å². The monoisotopic (exact) mass is 452 g/mol. The van der Waals surface area contributed by atoms with Crippen LogP contribution in [-0.4, -0.2) is 31.7 Å². The maximum Gasteiger partial charge on any atom is 0.294 e. The first kappa shape index (κ1) is 21.6. The number of hydrogen-bond donors (Lipinski definition) is 2. The number of nitrogens with zero attached hydrogens (tertiary/aromatic N) is 3. The maximum atomic E-state index is 13.3. The quantitative estimate of drug-likeness (QED) is 0.422. The number of aromatic amines is 1. The SMILES string of the molecule is CC(C)CC(=O)C1=C(O)C(=O)N(c2ccc3nc[nH]c3c2)C1c1ccc(-c2ccccn2)cc1. The molecule has 7 heteroatoms. The number of anilines is 1. The van der Waals surface area contributed by atoms with Crippen LogP contribution in [0.5, 0.6) is 0 Å². The molecule has 5 rings (SSSR count). The van der Waals surface area contributed by atoms with E-state index in [4.69, 9.17) is 0 Å². The largest absolute Gasteiger partial charge is 0.503 e. The summed E-state index contributed by atoms with van der Waals surface area (Å²) >= 11 is 0. The summed E-state index contributed by atoms with van der Waals surface area (Å²) in [4.78, 5) is 39.6. The van der Waals surface area contributed by atoms with Gasteiger partial charge in [0, 0.05) is 23.9 Å². The third-order valence-corrected chi connectivity index (χ3v) is 5.97. The summed E-state index contributed by atoms with van der Waals surface area (Å²) in [7, 11) is 0. The highest BCUT2D eigenvalue weighted by atomic mass is 16.3. The van der Waals surface area contributed by atoms with Gasteiger partial charge in [0.1, 0.15) is 0 Å². The van der Waals surface area contributed by atoms with Crippen LogP contribution in [0.25, 0.3) is 22.3 Å². The van der Waals surface area contributed by atoms with Gasteiger partial charge in [0.05, 0.1) is 34.7 Å². The standard InChI is InChI=1S/C27H24N4O3/c1-16(2)13-23(32)24-25(18-8-6-17(7-9-18)20-5-3-4-12-28-20)31(27(34)26(24)33)19-10-11-21-22(14-19)30-15-29-21/h3-12,14-16,25,33H,13H2,1-2H3,(H,29,30). The predicted molar refractivity (Wildman–Crippen MR) is 130 cm³/mol. The van der Waals surface area contributed by atoms with E-state index in [0.717, 1.165) is 27.9 Å². The van der Waals surface area contributed by atoms with Crippen LogP contribution in [0.1, 0.15) is 31.9 Å². The Hall–Kier alpha value is -4.26. The van der Waals surface area contributed by atoms with E-state index in [1.165, 1.54) is 4.90 Å². The normalized spacial score (nSPS) is 16.1. The van der Waals surface area contributed by atoms with E-state index in [9.17, 15) is 14.7 Å². The molecular weight excluding hydrogens is 428 g/mol. The van der Waals surface area contributed by atoms with Crippen molar-refractivity contribution in [2.45, 2.75) is 26.3 Å². The molecular formula is C27H24N4O3. The first-order valence-corrected chi connectivity index (χ1v) is 11.2. The molecule has 0 fully saturated rings. The van der Waals surface area contributed by atoms with Gasteiger partial charge in [-0.05, 0) is 41.8 Å². The van der Waals surface area contributed by atoms with E-state index >= 15 is 0 Å². The third kappa shape index (κ3) is 3.75. The lowest BCUT2D eigenvalue weighted by Gasteiger charge is -2.27. The molecule has 0 bridgehead atoms. The third-order valence-electron chi connectivity index (χ3n) is 5.97. The zero-order valence-corrected chi connectivity index (χ0v) is 18.9. The van der Waals surface area contributed by atoms with E-state index < -0.39 is 17.7 Å². The van der Waals surface area contributed by atoms with E-state index in [1.54, 1.807) is 30.7 Å². The summed E-state index contributed by atoms with van der Waals surface area (Å²) in [6.45, 7) is 3.87. The number of ketones is 1. The minimum absolute atomic E-state index is 0.0884. The summed E-state index contributed by atoms with van der Waals surface area (Å²) < 4.78 is 0. The molecule has 1 aliphatic rings. The van der Waals surface area contributed by atoms with E-state index in [0.29, 0.717) is 5.69 Å². The number of hydrogen-bond acceptors (Lipinski definition) is 5. The van der Waals surface area contributed by atoms with Crippen LogP contribution in [0.4, 0.5) is 5.69 Å². The molecule has 1 amide bonds. The van der Waals surface area contributed by atoms with Crippen molar-refractivity contribution in [3.63, 3.8) is 0 Å². The van der Waals surface area contributed by atoms with Crippen molar-refractivity contribution in [2.24, 2.45) is 5.92 Å². The number of aromatic nitrogens is 3. The Morgan fingerprint density at radius 1 is 1.09 bits per heavy atom. The molecule has 1 atom stereocenters. The van der Waals surface area contributed by atoms with Crippen molar-refractivity contribution in [1.29, 1.82) is 0 Å². The number of imidazole rings is 1. The zero-order valence-electron chi connectivity index (χ0n) is 18.9. The minimum atomic E-state index is -0.739. The Bertz CT molecular complexity index is 1400. The highest BCUT2D eigenvalue weighted by molar-refractivity contribution is 6.16. The lowest BCUT2D eigenvalue weighted by molar-refractivity contribution is -0.118. The lowest BCUT2D eigenvalue weighted by atomic mass is 9.91. The molecule has 0 saturated carbocycles. The van der Waals surface area contributed by atoms with Crippen LogP contribution < -0.4 is 4.90 Å². The van der Waals surface area contributed by atoms with Crippen molar-refractivity contribution < 1.29 is 14.7 Å². The van der Waals surface area contributed by atoms with Crippen molar-refractivity contribution in [3.8, 4) is 11.3 Å². The smallest absolute Gasteiger partial charge is 0.294 e. The number of pyridine rings is 1. The summed E-state index contributed by atoms with van der Waals surface area (Å²) in [6.07, 6.45) is 3.56. The van der Waals surface area contributed by atoms with Crippen molar-refractivity contribution in [3.05, 3.63) is 90.1 Å². The molecule has 0 saturated heterocycles. The molecule has 2 N–H and O–H groups in total.